The summed E-state index contributed by atoms with van der Waals surface area (Å²) in [5.74, 6) is -0.0204. The first-order valence-electron chi connectivity index (χ1n) is 12.1. The Morgan fingerprint density at radius 1 is 1.08 bits per heavy atom. The molecule has 9 nitrogen and oxygen atoms in total. The van der Waals surface area contributed by atoms with E-state index in [1.165, 1.54) is 30.1 Å². The number of allylic oxidation sites excluding steroid dienone is 1. The van der Waals surface area contributed by atoms with Crippen molar-refractivity contribution in [1.82, 2.24) is 4.57 Å². The van der Waals surface area contributed by atoms with E-state index in [2.05, 4.69) is 20.9 Å². The lowest BCUT2D eigenvalue weighted by atomic mass is 9.95. The lowest BCUT2D eigenvalue weighted by Gasteiger charge is -2.26. The van der Waals surface area contributed by atoms with Crippen molar-refractivity contribution in [2.24, 2.45) is 4.99 Å². The molecule has 0 bridgehead atoms. The third-order valence-electron chi connectivity index (χ3n) is 6.02. The van der Waals surface area contributed by atoms with Crippen molar-refractivity contribution in [2.75, 3.05) is 27.4 Å². The average Bonchev–Trinajstić information content (AvgIpc) is 3.22. The second-order valence-electron chi connectivity index (χ2n) is 8.37. The SMILES string of the molecule is CCOC(=O)C1=C(C)N=c2s/c(=C/c3ccc(C(=O)OC)cc3)c(=O)n2[C@H]1c1cc(OC)c(OCC)cc1Br. The van der Waals surface area contributed by atoms with Gasteiger partial charge in [-0.2, -0.15) is 0 Å². The minimum absolute atomic E-state index is 0.169. The lowest BCUT2D eigenvalue weighted by Crippen LogP contribution is -2.40. The Labute approximate surface area is 237 Å². The van der Waals surface area contributed by atoms with E-state index in [4.69, 9.17) is 18.9 Å². The number of ether oxygens (including phenoxy) is 4. The topological polar surface area (TPSA) is 105 Å². The van der Waals surface area contributed by atoms with Crippen LogP contribution >= 0.6 is 27.3 Å². The highest BCUT2D eigenvalue weighted by atomic mass is 79.9. The van der Waals surface area contributed by atoms with E-state index >= 15 is 0 Å². The van der Waals surface area contributed by atoms with E-state index < -0.39 is 18.0 Å². The van der Waals surface area contributed by atoms with Crippen molar-refractivity contribution < 1.29 is 28.5 Å². The fourth-order valence-corrected chi connectivity index (χ4v) is 5.84. The van der Waals surface area contributed by atoms with Gasteiger partial charge in [-0.1, -0.05) is 39.4 Å². The third kappa shape index (κ3) is 5.55. The van der Waals surface area contributed by atoms with Gasteiger partial charge < -0.3 is 18.9 Å². The standard InChI is InChI=1S/C28H27BrN2O7S/c1-6-37-21-14-19(29)18(13-20(21)35-4)24-23(27(34)38-7-2)15(3)30-28-31(24)25(32)22(39-28)12-16-8-10-17(11-9-16)26(33)36-5/h8-14,24H,6-7H2,1-5H3/b22-12+/t24-/m0/s1. The molecule has 0 fully saturated rings. The summed E-state index contributed by atoms with van der Waals surface area (Å²) < 4.78 is 23.9. The number of fused-ring (bicyclic) bond motifs is 1. The largest absolute Gasteiger partial charge is 0.493 e. The highest BCUT2D eigenvalue weighted by Gasteiger charge is 2.35. The maximum Gasteiger partial charge on any atom is 0.338 e. The van der Waals surface area contributed by atoms with Gasteiger partial charge >= 0.3 is 11.9 Å². The van der Waals surface area contributed by atoms with E-state index in [0.29, 0.717) is 48.7 Å². The maximum absolute atomic E-state index is 13.9. The molecule has 0 aliphatic carbocycles. The maximum atomic E-state index is 13.9. The number of rotatable bonds is 8. The zero-order valence-corrected chi connectivity index (χ0v) is 24.5. The summed E-state index contributed by atoms with van der Waals surface area (Å²) >= 11 is 4.82. The first-order chi connectivity index (χ1) is 18.7. The molecule has 1 aliphatic rings. The molecule has 204 valence electrons. The quantitative estimate of drug-likeness (QED) is 0.356. The third-order valence-corrected chi connectivity index (χ3v) is 7.69. The predicted octanol–water partition coefficient (Wildman–Crippen LogP) is 3.75. The Morgan fingerprint density at radius 2 is 1.79 bits per heavy atom. The van der Waals surface area contributed by atoms with Crippen LogP contribution in [-0.2, 0) is 14.3 Å². The zero-order valence-electron chi connectivity index (χ0n) is 22.1. The molecular formula is C28H27BrN2O7S. The summed E-state index contributed by atoms with van der Waals surface area (Å²) in [5.41, 5.74) is 2.12. The summed E-state index contributed by atoms with van der Waals surface area (Å²) in [6, 6.07) is 9.39. The van der Waals surface area contributed by atoms with Gasteiger partial charge in [-0.25, -0.2) is 14.6 Å². The van der Waals surface area contributed by atoms with Crippen molar-refractivity contribution in [1.29, 1.82) is 0 Å². The van der Waals surface area contributed by atoms with E-state index in [9.17, 15) is 14.4 Å². The molecule has 39 heavy (non-hydrogen) atoms. The van der Waals surface area contributed by atoms with Gasteiger partial charge in [0.05, 0.1) is 54.8 Å². The summed E-state index contributed by atoms with van der Waals surface area (Å²) in [6.45, 7) is 5.92. The molecule has 0 amide bonds. The molecule has 4 rings (SSSR count). The highest BCUT2D eigenvalue weighted by Crippen LogP contribution is 2.41. The minimum Gasteiger partial charge on any atom is -0.493 e. The number of halogens is 1. The van der Waals surface area contributed by atoms with Crippen LogP contribution < -0.4 is 24.4 Å². The van der Waals surface area contributed by atoms with Gasteiger partial charge in [0.2, 0.25) is 0 Å². The Morgan fingerprint density at radius 3 is 2.41 bits per heavy atom. The number of carbonyl (C=O) groups excluding carboxylic acids is 2. The molecule has 0 radical (unpaired) electrons. The van der Waals surface area contributed by atoms with Crippen LogP contribution in [0.5, 0.6) is 11.5 Å². The van der Waals surface area contributed by atoms with Crippen LogP contribution in [0, 0.1) is 0 Å². The molecule has 0 unspecified atom stereocenters. The minimum atomic E-state index is -0.830. The van der Waals surface area contributed by atoms with Crippen LogP contribution in [-0.4, -0.2) is 43.9 Å². The number of carbonyl (C=O) groups is 2. The number of methoxy groups -OCH3 is 2. The number of nitrogens with zero attached hydrogens (tertiary/aromatic N) is 2. The highest BCUT2D eigenvalue weighted by molar-refractivity contribution is 9.10. The Kier molecular flexibility index (Phi) is 8.71. The molecule has 0 spiro atoms. The number of hydrogen-bond donors (Lipinski definition) is 0. The van der Waals surface area contributed by atoms with E-state index in [0.717, 1.165) is 5.56 Å². The molecule has 1 aromatic heterocycles. The van der Waals surface area contributed by atoms with Crippen LogP contribution in [0.15, 0.2) is 61.9 Å². The molecule has 2 heterocycles. The Bertz CT molecular complexity index is 1640. The summed E-state index contributed by atoms with van der Waals surface area (Å²) in [5, 5.41) is 0. The molecule has 0 saturated heterocycles. The number of aromatic nitrogens is 1. The molecule has 1 atom stereocenters. The molecule has 1 aliphatic heterocycles. The second-order valence-corrected chi connectivity index (χ2v) is 10.2. The summed E-state index contributed by atoms with van der Waals surface area (Å²) in [4.78, 5) is 43.9. The number of thiazole rings is 1. The zero-order chi connectivity index (χ0) is 28.3. The van der Waals surface area contributed by atoms with Crippen LogP contribution in [0.3, 0.4) is 0 Å². The monoisotopic (exact) mass is 614 g/mol. The number of hydrogen-bond acceptors (Lipinski definition) is 9. The van der Waals surface area contributed by atoms with Gasteiger partial charge in [0.25, 0.3) is 5.56 Å². The van der Waals surface area contributed by atoms with Crippen molar-refractivity contribution >= 4 is 45.3 Å². The van der Waals surface area contributed by atoms with Crippen molar-refractivity contribution in [3.63, 3.8) is 0 Å². The van der Waals surface area contributed by atoms with Gasteiger partial charge in [-0.3, -0.25) is 9.36 Å². The van der Waals surface area contributed by atoms with Gasteiger partial charge in [0.15, 0.2) is 16.3 Å². The second kappa shape index (κ2) is 12.0. The summed E-state index contributed by atoms with van der Waals surface area (Å²) in [6.07, 6.45) is 1.72. The van der Waals surface area contributed by atoms with Gasteiger partial charge in [0.1, 0.15) is 0 Å². The fraction of sp³-hybridized carbons (Fsp3) is 0.286. The van der Waals surface area contributed by atoms with Gasteiger partial charge in [0, 0.05) is 4.47 Å². The smallest absolute Gasteiger partial charge is 0.338 e. The number of esters is 2. The summed E-state index contributed by atoms with van der Waals surface area (Å²) in [7, 11) is 2.85. The van der Waals surface area contributed by atoms with Crippen LogP contribution in [0.1, 0.15) is 48.3 Å². The van der Waals surface area contributed by atoms with Crippen molar-refractivity contribution in [2.45, 2.75) is 26.8 Å². The Hall–Kier alpha value is -3.70. The average molecular weight is 616 g/mol. The molecule has 2 aromatic carbocycles. The van der Waals surface area contributed by atoms with Crippen LogP contribution in [0.4, 0.5) is 0 Å². The lowest BCUT2D eigenvalue weighted by molar-refractivity contribution is -0.139. The normalized spacial score (nSPS) is 14.9. The molecule has 11 heteroatoms. The van der Waals surface area contributed by atoms with Gasteiger partial charge in [-0.05, 0) is 62.2 Å². The van der Waals surface area contributed by atoms with Crippen LogP contribution in [0.25, 0.3) is 6.08 Å². The van der Waals surface area contributed by atoms with E-state index in [-0.39, 0.29) is 17.7 Å². The molecule has 0 N–H and O–H groups in total. The molecule has 3 aromatic rings. The number of benzene rings is 2. The van der Waals surface area contributed by atoms with Crippen molar-refractivity contribution in [3.8, 4) is 11.5 Å². The predicted molar refractivity (Wildman–Crippen MR) is 150 cm³/mol. The first-order valence-corrected chi connectivity index (χ1v) is 13.7. The molecular weight excluding hydrogens is 588 g/mol. The van der Waals surface area contributed by atoms with E-state index in [1.807, 2.05) is 6.92 Å². The van der Waals surface area contributed by atoms with E-state index in [1.54, 1.807) is 56.3 Å². The van der Waals surface area contributed by atoms with Crippen LogP contribution in [0.2, 0.25) is 0 Å². The molecule has 0 saturated carbocycles. The fourth-order valence-electron chi connectivity index (χ4n) is 4.26. The Balaban J connectivity index is 1.94. The van der Waals surface area contributed by atoms with Gasteiger partial charge in [-0.15, -0.1) is 0 Å². The first kappa shape index (κ1) is 28.3. The van der Waals surface area contributed by atoms with Crippen molar-refractivity contribution in [3.05, 3.63) is 88.5 Å².